The summed E-state index contributed by atoms with van der Waals surface area (Å²) in [6, 6.07) is 4.91. The number of nitrogens with one attached hydrogen (secondary N) is 1. The molecule has 4 heteroatoms. The monoisotopic (exact) mass is 245 g/mol. The predicted octanol–water partition coefficient (Wildman–Crippen LogP) is 2.58. The van der Waals surface area contributed by atoms with Gasteiger partial charge in [-0.25, -0.2) is 0 Å². The lowest BCUT2D eigenvalue weighted by Gasteiger charge is -2.14. The zero-order chi connectivity index (χ0) is 9.84. The Kier molecular flexibility index (Phi) is 3.71. The SMILES string of the molecule is CCC(NO)c1cc(Br)ccc1O. The molecule has 0 fully saturated rings. The van der Waals surface area contributed by atoms with Gasteiger partial charge in [0.05, 0.1) is 6.04 Å². The van der Waals surface area contributed by atoms with Crippen LogP contribution in [0.4, 0.5) is 0 Å². The minimum absolute atomic E-state index is 0.191. The van der Waals surface area contributed by atoms with E-state index in [1.807, 2.05) is 6.92 Å². The maximum Gasteiger partial charge on any atom is 0.120 e. The molecule has 0 aliphatic carbocycles. The first kappa shape index (κ1) is 10.5. The van der Waals surface area contributed by atoms with E-state index >= 15 is 0 Å². The van der Waals surface area contributed by atoms with Crippen LogP contribution in [-0.2, 0) is 0 Å². The summed E-state index contributed by atoms with van der Waals surface area (Å²) < 4.78 is 0.883. The number of rotatable bonds is 3. The first-order chi connectivity index (χ1) is 6.19. The molecule has 1 aromatic rings. The number of phenolic OH excluding ortho intramolecular Hbond substituents is 1. The standard InChI is InChI=1S/C9H12BrNO2/c1-2-8(11-13)7-5-6(10)3-4-9(7)12/h3-5,8,11-13H,2H2,1H3. The van der Waals surface area contributed by atoms with Gasteiger partial charge in [0.2, 0.25) is 0 Å². The number of phenols is 1. The third-order valence-corrected chi connectivity index (χ3v) is 2.42. The van der Waals surface area contributed by atoms with Crippen LogP contribution >= 0.6 is 15.9 Å². The van der Waals surface area contributed by atoms with Crippen LogP contribution < -0.4 is 5.48 Å². The minimum Gasteiger partial charge on any atom is -0.508 e. The van der Waals surface area contributed by atoms with Gasteiger partial charge in [-0.1, -0.05) is 22.9 Å². The van der Waals surface area contributed by atoms with Crippen LogP contribution in [0.1, 0.15) is 24.9 Å². The predicted molar refractivity (Wildman–Crippen MR) is 53.8 cm³/mol. The second kappa shape index (κ2) is 4.60. The summed E-state index contributed by atoms with van der Waals surface area (Å²) in [6.45, 7) is 1.92. The molecule has 1 aromatic carbocycles. The van der Waals surface area contributed by atoms with Crippen molar-refractivity contribution in [3.63, 3.8) is 0 Å². The molecule has 0 heterocycles. The van der Waals surface area contributed by atoms with Crippen molar-refractivity contribution >= 4 is 15.9 Å². The summed E-state index contributed by atoms with van der Waals surface area (Å²) in [7, 11) is 0. The van der Waals surface area contributed by atoms with Crippen molar-refractivity contribution < 1.29 is 10.3 Å². The van der Waals surface area contributed by atoms with E-state index in [9.17, 15) is 5.11 Å². The van der Waals surface area contributed by atoms with E-state index in [1.165, 1.54) is 0 Å². The van der Waals surface area contributed by atoms with Crippen LogP contribution in [0.2, 0.25) is 0 Å². The van der Waals surface area contributed by atoms with Crippen molar-refractivity contribution in [1.29, 1.82) is 0 Å². The summed E-state index contributed by atoms with van der Waals surface area (Å²) in [5, 5.41) is 18.3. The van der Waals surface area contributed by atoms with Gasteiger partial charge >= 0.3 is 0 Å². The topological polar surface area (TPSA) is 52.5 Å². The molecule has 0 amide bonds. The molecule has 3 nitrogen and oxygen atoms in total. The van der Waals surface area contributed by atoms with Crippen molar-refractivity contribution in [2.45, 2.75) is 19.4 Å². The second-order valence-electron chi connectivity index (χ2n) is 2.79. The van der Waals surface area contributed by atoms with E-state index in [2.05, 4.69) is 21.4 Å². The number of hydrogen-bond donors (Lipinski definition) is 3. The summed E-state index contributed by atoms with van der Waals surface area (Å²) >= 11 is 3.30. The fraction of sp³-hybridized carbons (Fsp3) is 0.333. The van der Waals surface area contributed by atoms with E-state index in [1.54, 1.807) is 18.2 Å². The molecule has 1 atom stereocenters. The first-order valence-electron chi connectivity index (χ1n) is 4.07. The van der Waals surface area contributed by atoms with Crippen LogP contribution in [-0.4, -0.2) is 10.3 Å². The molecule has 1 rings (SSSR count). The van der Waals surface area contributed by atoms with Gasteiger partial charge in [-0.15, -0.1) is 0 Å². The number of hydroxylamine groups is 1. The number of halogens is 1. The van der Waals surface area contributed by atoms with Gasteiger partial charge in [-0.2, -0.15) is 5.48 Å². The van der Waals surface area contributed by atoms with Gasteiger partial charge in [0.15, 0.2) is 0 Å². The van der Waals surface area contributed by atoms with Crippen LogP contribution in [0.5, 0.6) is 5.75 Å². The average Bonchev–Trinajstić information content (AvgIpc) is 2.13. The van der Waals surface area contributed by atoms with Gasteiger partial charge in [0.1, 0.15) is 5.75 Å². The summed E-state index contributed by atoms with van der Waals surface area (Å²) in [4.78, 5) is 0. The van der Waals surface area contributed by atoms with Gasteiger partial charge in [-0.05, 0) is 24.6 Å². The van der Waals surface area contributed by atoms with Crippen molar-refractivity contribution in [2.75, 3.05) is 0 Å². The van der Waals surface area contributed by atoms with Crippen molar-refractivity contribution in [3.8, 4) is 5.75 Å². The molecule has 0 radical (unpaired) electrons. The molecule has 72 valence electrons. The van der Waals surface area contributed by atoms with Crippen LogP contribution in [0.3, 0.4) is 0 Å². The largest absolute Gasteiger partial charge is 0.508 e. The Balaban J connectivity index is 3.03. The molecule has 13 heavy (non-hydrogen) atoms. The van der Waals surface area contributed by atoms with Crippen LogP contribution in [0.15, 0.2) is 22.7 Å². The number of aromatic hydroxyl groups is 1. The van der Waals surface area contributed by atoms with E-state index in [0.29, 0.717) is 12.0 Å². The minimum atomic E-state index is -0.225. The first-order valence-corrected chi connectivity index (χ1v) is 4.86. The van der Waals surface area contributed by atoms with Crippen LogP contribution in [0.25, 0.3) is 0 Å². The highest BCUT2D eigenvalue weighted by molar-refractivity contribution is 9.10. The molecule has 1 unspecified atom stereocenters. The van der Waals surface area contributed by atoms with Gasteiger partial charge in [-0.3, -0.25) is 0 Å². The second-order valence-corrected chi connectivity index (χ2v) is 3.71. The normalized spacial score (nSPS) is 12.8. The van der Waals surface area contributed by atoms with E-state index < -0.39 is 0 Å². The lowest BCUT2D eigenvalue weighted by molar-refractivity contribution is 0.123. The Hall–Kier alpha value is -0.580. The highest BCUT2D eigenvalue weighted by Crippen LogP contribution is 2.28. The maximum absolute atomic E-state index is 9.50. The Morgan fingerprint density at radius 2 is 2.23 bits per heavy atom. The van der Waals surface area contributed by atoms with Crippen molar-refractivity contribution in [1.82, 2.24) is 5.48 Å². The molecule has 0 spiro atoms. The number of benzene rings is 1. The highest BCUT2D eigenvalue weighted by Gasteiger charge is 2.12. The molecule has 3 N–H and O–H groups in total. The van der Waals surface area contributed by atoms with E-state index in [0.717, 1.165) is 4.47 Å². The maximum atomic E-state index is 9.50. The molecule has 0 saturated carbocycles. The molecular formula is C9H12BrNO2. The third-order valence-electron chi connectivity index (χ3n) is 1.93. The molecule has 0 aliphatic rings. The fourth-order valence-corrected chi connectivity index (χ4v) is 1.56. The average molecular weight is 246 g/mol. The highest BCUT2D eigenvalue weighted by atomic mass is 79.9. The fourth-order valence-electron chi connectivity index (χ4n) is 1.19. The van der Waals surface area contributed by atoms with Gasteiger partial charge in [0, 0.05) is 10.0 Å². The van der Waals surface area contributed by atoms with E-state index in [-0.39, 0.29) is 11.8 Å². The molecule has 0 bridgehead atoms. The molecule has 0 aliphatic heterocycles. The Bertz CT molecular complexity index is 287. The quantitative estimate of drug-likeness (QED) is 0.718. The summed E-state index contributed by atoms with van der Waals surface area (Å²) in [5.41, 5.74) is 2.85. The van der Waals surface area contributed by atoms with Crippen LogP contribution in [0, 0.1) is 0 Å². The Morgan fingerprint density at radius 3 is 2.77 bits per heavy atom. The Labute approximate surface area is 85.5 Å². The van der Waals surface area contributed by atoms with E-state index in [4.69, 9.17) is 5.21 Å². The lowest BCUT2D eigenvalue weighted by atomic mass is 10.0. The summed E-state index contributed by atoms with van der Waals surface area (Å²) in [6.07, 6.45) is 0.709. The smallest absolute Gasteiger partial charge is 0.120 e. The molecular weight excluding hydrogens is 234 g/mol. The Morgan fingerprint density at radius 1 is 1.54 bits per heavy atom. The van der Waals surface area contributed by atoms with Gasteiger partial charge in [0.25, 0.3) is 0 Å². The lowest BCUT2D eigenvalue weighted by Crippen LogP contribution is -2.16. The van der Waals surface area contributed by atoms with Crippen molar-refractivity contribution in [3.05, 3.63) is 28.2 Å². The van der Waals surface area contributed by atoms with Crippen molar-refractivity contribution in [2.24, 2.45) is 0 Å². The third kappa shape index (κ3) is 2.43. The zero-order valence-corrected chi connectivity index (χ0v) is 8.87. The summed E-state index contributed by atoms with van der Waals surface area (Å²) in [5.74, 6) is 0.191. The molecule has 0 aromatic heterocycles. The van der Waals surface area contributed by atoms with Gasteiger partial charge < -0.3 is 10.3 Å². The number of hydrogen-bond acceptors (Lipinski definition) is 3. The molecule has 0 saturated heterocycles. The zero-order valence-electron chi connectivity index (χ0n) is 7.29.